The number of aryl methyl sites for hydroxylation is 1. The summed E-state index contributed by atoms with van der Waals surface area (Å²) < 4.78 is 5.22. The van der Waals surface area contributed by atoms with Gasteiger partial charge in [0.15, 0.2) is 0 Å². The summed E-state index contributed by atoms with van der Waals surface area (Å²) >= 11 is 0. The van der Waals surface area contributed by atoms with E-state index in [1.54, 1.807) is 13.8 Å². The number of carbonyl (C=O) groups excluding carboxylic acids is 2. The van der Waals surface area contributed by atoms with Crippen LogP contribution in [0.2, 0.25) is 0 Å². The number of primary amides is 1. The number of carboxylic acids is 1. The van der Waals surface area contributed by atoms with Crippen molar-refractivity contribution in [2.24, 2.45) is 5.73 Å². The van der Waals surface area contributed by atoms with E-state index < -0.39 is 23.4 Å². The lowest BCUT2D eigenvalue weighted by molar-refractivity contribution is -0.119. The van der Waals surface area contributed by atoms with Gasteiger partial charge in [-0.2, -0.15) is 0 Å². The molecule has 0 bridgehead atoms. The second kappa shape index (κ2) is 6.29. The maximum Gasteiger partial charge on any atom is 0.339 e. The zero-order chi connectivity index (χ0) is 16.2. The molecule has 0 saturated heterocycles. The van der Waals surface area contributed by atoms with Gasteiger partial charge in [0.2, 0.25) is 5.91 Å². The number of furan rings is 1. The van der Waals surface area contributed by atoms with Crippen molar-refractivity contribution in [1.29, 1.82) is 0 Å². The fraction of sp³-hybridized carbons (Fsp3) is 0.462. The molecule has 21 heavy (non-hydrogen) atoms. The van der Waals surface area contributed by atoms with Crippen molar-refractivity contribution in [3.63, 3.8) is 0 Å². The fourth-order valence-electron chi connectivity index (χ4n) is 1.84. The third-order valence-corrected chi connectivity index (χ3v) is 2.69. The first-order valence-corrected chi connectivity index (χ1v) is 6.27. The van der Waals surface area contributed by atoms with E-state index in [4.69, 9.17) is 15.3 Å². The van der Waals surface area contributed by atoms with Crippen molar-refractivity contribution in [3.05, 3.63) is 23.2 Å². The number of nitrogens with two attached hydrogens (primary N) is 1. The summed E-state index contributed by atoms with van der Waals surface area (Å²) in [6, 6.07) is 0.846. The lowest BCUT2D eigenvalue weighted by atomic mass is 10.0. The molecule has 116 valence electrons. The van der Waals surface area contributed by atoms with Crippen LogP contribution < -0.4 is 16.4 Å². The van der Waals surface area contributed by atoms with Gasteiger partial charge in [0.1, 0.15) is 17.1 Å². The molecule has 1 aromatic heterocycles. The van der Waals surface area contributed by atoms with Crippen molar-refractivity contribution in [1.82, 2.24) is 10.6 Å². The number of carboxylic acid groups (broad SMARTS) is 1. The molecular formula is C13H19N3O5. The Hall–Kier alpha value is -2.51. The number of hydrogen-bond acceptors (Lipinski definition) is 4. The highest BCUT2D eigenvalue weighted by atomic mass is 16.4. The predicted octanol–water partition coefficient (Wildman–Crippen LogP) is 0.739. The molecule has 5 N–H and O–H groups in total. The van der Waals surface area contributed by atoms with Crippen LogP contribution in [0.1, 0.15) is 42.1 Å². The molecule has 1 rings (SSSR count). The van der Waals surface area contributed by atoms with Gasteiger partial charge in [0, 0.05) is 12.0 Å². The lowest BCUT2D eigenvalue weighted by Crippen LogP contribution is -2.49. The van der Waals surface area contributed by atoms with Crippen molar-refractivity contribution in [2.45, 2.75) is 39.3 Å². The van der Waals surface area contributed by atoms with E-state index in [2.05, 4.69) is 10.6 Å². The molecule has 0 aliphatic carbocycles. The number of urea groups is 1. The number of hydrogen-bond donors (Lipinski definition) is 4. The third kappa shape index (κ3) is 5.17. The van der Waals surface area contributed by atoms with Crippen LogP contribution in [0.25, 0.3) is 0 Å². The highest BCUT2D eigenvalue weighted by Gasteiger charge is 2.23. The van der Waals surface area contributed by atoms with Gasteiger partial charge in [-0.15, -0.1) is 0 Å². The van der Waals surface area contributed by atoms with Gasteiger partial charge in [-0.05, 0) is 26.8 Å². The van der Waals surface area contributed by atoms with Crippen LogP contribution in [0.4, 0.5) is 4.79 Å². The summed E-state index contributed by atoms with van der Waals surface area (Å²) in [5, 5.41) is 14.0. The quantitative estimate of drug-likeness (QED) is 0.614. The molecule has 8 nitrogen and oxygen atoms in total. The smallest absolute Gasteiger partial charge is 0.339 e. The normalized spacial score (nSPS) is 11.0. The molecule has 3 amide bonds. The molecule has 0 atom stereocenters. The van der Waals surface area contributed by atoms with E-state index in [0.29, 0.717) is 5.76 Å². The summed E-state index contributed by atoms with van der Waals surface area (Å²) in [6.07, 6.45) is 0.00342. The number of amides is 3. The van der Waals surface area contributed by atoms with Crippen LogP contribution in [-0.4, -0.2) is 28.6 Å². The van der Waals surface area contributed by atoms with Crippen molar-refractivity contribution >= 4 is 17.9 Å². The number of aromatic carboxylic acids is 1. The van der Waals surface area contributed by atoms with Crippen LogP contribution in [-0.2, 0) is 11.3 Å². The number of carbonyl (C=O) groups is 3. The first-order valence-electron chi connectivity index (χ1n) is 6.27. The minimum Gasteiger partial charge on any atom is -0.478 e. The SMILES string of the molecule is Cc1oc(CNC(=O)NC(C)(C)CC(N)=O)cc1C(=O)O. The van der Waals surface area contributed by atoms with Crippen LogP contribution >= 0.6 is 0 Å². The van der Waals surface area contributed by atoms with Crippen molar-refractivity contribution in [2.75, 3.05) is 0 Å². The van der Waals surface area contributed by atoms with Crippen LogP contribution in [0.15, 0.2) is 10.5 Å². The van der Waals surface area contributed by atoms with Gasteiger partial charge >= 0.3 is 12.0 Å². The number of nitrogens with one attached hydrogen (secondary N) is 2. The summed E-state index contributed by atoms with van der Waals surface area (Å²) in [6.45, 7) is 4.89. The Bertz CT molecular complexity index is 562. The molecule has 8 heteroatoms. The maximum absolute atomic E-state index is 11.7. The van der Waals surface area contributed by atoms with E-state index in [9.17, 15) is 14.4 Å². The first kappa shape index (κ1) is 16.5. The van der Waals surface area contributed by atoms with Crippen molar-refractivity contribution < 1.29 is 23.9 Å². The Balaban J connectivity index is 2.55. The monoisotopic (exact) mass is 297 g/mol. The van der Waals surface area contributed by atoms with Crippen LogP contribution in [0, 0.1) is 6.92 Å². The molecule has 0 radical (unpaired) electrons. The van der Waals surface area contributed by atoms with Crippen LogP contribution in [0.5, 0.6) is 0 Å². The van der Waals surface area contributed by atoms with Crippen LogP contribution in [0.3, 0.4) is 0 Å². The fourth-order valence-corrected chi connectivity index (χ4v) is 1.84. The van der Waals surface area contributed by atoms with Gasteiger partial charge in [-0.3, -0.25) is 4.79 Å². The van der Waals surface area contributed by atoms with Gasteiger partial charge < -0.3 is 25.9 Å². The zero-order valence-electron chi connectivity index (χ0n) is 12.1. The minimum absolute atomic E-state index is 0.00342. The molecular weight excluding hydrogens is 278 g/mol. The Kier molecular flexibility index (Phi) is 4.96. The van der Waals surface area contributed by atoms with Gasteiger partial charge in [0.05, 0.1) is 6.54 Å². The molecule has 0 fully saturated rings. The number of rotatable bonds is 6. The molecule has 0 saturated carbocycles. The van der Waals surface area contributed by atoms with E-state index in [0.717, 1.165) is 0 Å². The Morgan fingerprint density at radius 2 is 2.00 bits per heavy atom. The molecule has 0 aliphatic rings. The summed E-state index contributed by atoms with van der Waals surface area (Å²) in [4.78, 5) is 33.4. The van der Waals surface area contributed by atoms with Gasteiger partial charge in [0.25, 0.3) is 0 Å². The van der Waals surface area contributed by atoms with E-state index in [-0.39, 0.29) is 24.3 Å². The topological polar surface area (TPSA) is 135 Å². The third-order valence-electron chi connectivity index (χ3n) is 2.69. The largest absolute Gasteiger partial charge is 0.478 e. The van der Waals surface area contributed by atoms with Crippen molar-refractivity contribution in [3.8, 4) is 0 Å². The molecule has 0 unspecified atom stereocenters. The van der Waals surface area contributed by atoms with E-state index in [1.807, 2.05) is 0 Å². The molecule has 0 aromatic carbocycles. The molecule has 1 heterocycles. The Labute approximate surface area is 121 Å². The summed E-state index contributed by atoms with van der Waals surface area (Å²) in [5.41, 5.74) is 4.37. The summed E-state index contributed by atoms with van der Waals surface area (Å²) in [7, 11) is 0. The Morgan fingerprint density at radius 3 is 2.48 bits per heavy atom. The second-order valence-corrected chi connectivity index (χ2v) is 5.32. The maximum atomic E-state index is 11.7. The predicted molar refractivity (Wildman–Crippen MR) is 73.7 cm³/mol. The summed E-state index contributed by atoms with van der Waals surface area (Å²) in [5.74, 6) is -1.01. The van der Waals surface area contributed by atoms with Gasteiger partial charge in [-0.1, -0.05) is 0 Å². The second-order valence-electron chi connectivity index (χ2n) is 5.32. The Morgan fingerprint density at radius 1 is 1.38 bits per heavy atom. The highest BCUT2D eigenvalue weighted by molar-refractivity contribution is 5.88. The molecule has 0 aliphatic heterocycles. The molecule has 0 spiro atoms. The van der Waals surface area contributed by atoms with Gasteiger partial charge in [-0.25, -0.2) is 9.59 Å². The van der Waals surface area contributed by atoms with E-state index in [1.165, 1.54) is 13.0 Å². The molecule has 1 aromatic rings. The highest BCUT2D eigenvalue weighted by Crippen LogP contribution is 2.14. The average molecular weight is 297 g/mol. The first-order chi connectivity index (χ1) is 9.60. The van der Waals surface area contributed by atoms with E-state index >= 15 is 0 Å². The standard InChI is InChI=1S/C13H19N3O5/c1-7-9(11(18)19)4-8(21-7)6-15-12(20)16-13(2,3)5-10(14)17/h4H,5-6H2,1-3H3,(H2,14,17)(H,18,19)(H2,15,16,20). The average Bonchev–Trinajstić information content (AvgIpc) is 2.65. The zero-order valence-corrected chi connectivity index (χ0v) is 12.1. The minimum atomic E-state index is -1.09. The lowest BCUT2D eigenvalue weighted by Gasteiger charge is -2.24.